The molecule has 2 heterocycles. The quantitative estimate of drug-likeness (QED) is 0.113. The van der Waals surface area contributed by atoms with Crippen molar-refractivity contribution in [1.29, 1.82) is 0 Å². The van der Waals surface area contributed by atoms with Crippen LogP contribution in [-0.4, -0.2) is 129 Å². The molecule has 2 aliphatic rings. The highest BCUT2D eigenvalue weighted by molar-refractivity contribution is 5.87. The van der Waals surface area contributed by atoms with E-state index in [0.717, 1.165) is 13.0 Å². The molecule has 0 spiro atoms. The van der Waals surface area contributed by atoms with E-state index in [1.54, 1.807) is 0 Å². The lowest BCUT2D eigenvalue weighted by atomic mass is 9.99. The molecule has 0 radical (unpaired) electrons. The van der Waals surface area contributed by atoms with Gasteiger partial charge >= 0.3 is 11.9 Å². The van der Waals surface area contributed by atoms with Crippen molar-refractivity contribution in [3.63, 3.8) is 0 Å². The third kappa shape index (κ3) is 7.02. The Morgan fingerprint density at radius 3 is 2.33 bits per heavy atom. The highest BCUT2D eigenvalue weighted by Gasteiger charge is 2.58. The van der Waals surface area contributed by atoms with Crippen molar-refractivity contribution < 1.29 is 73.8 Å². The first-order valence-electron chi connectivity index (χ1n) is 11.8. The van der Waals surface area contributed by atoms with Gasteiger partial charge in [-0.05, 0) is 23.8 Å². The zero-order valence-corrected chi connectivity index (χ0v) is 21.0. The summed E-state index contributed by atoms with van der Waals surface area (Å²) in [4.78, 5) is 23.3. The molecular formula is C24H32O15. The van der Waals surface area contributed by atoms with Crippen molar-refractivity contribution >= 4 is 18.0 Å². The number of phenolic OH excluding ortho intramolecular Hbond substituents is 1. The molecule has 3 rings (SSSR count). The van der Waals surface area contributed by atoms with Crippen LogP contribution in [0.15, 0.2) is 24.3 Å². The topological polar surface area (TPSA) is 231 Å². The van der Waals surface area contributed by atoms with E-state index in [4.69, 9.17) is 28.4 Å². The molecule has 39 heavy (non-hydrogen) atoms. The Morgan fingerprint density at radius 1 is 1.00 bits per heavy atom. The lowest BCUT2D eigenvalue weighted by Crippen LogP contribution is -2.62. The van der Waals surface area contributed by atoms with Gasteiger partial charge in [-0.15, -0.1) is 0 Å². The van der Waals surface area contributed by atoms with E-state index in [2.05, 4.69) is 0 Å². The second kappa shape index (κ2) is 13.0. The summed E-state index contributed by atoms with van der Waals surface area (Å²) >= 11 is 0. The number of carbonyl (C=O) groups excluding carboxylic acids is 2. The number of rotatable bonds is 10. The highest BCUT2D eigenvalue weighted by atomic mass is 16.8. The van der Waals surface area contributed by atoms with Crippen LogP contribution in [0.2, 0.25) is 0 Å². The van der Waals surface area contributed by atoms with Gasteiger partial charge in [0.2, 0.25) is 5.79 Å². The molecule has 0 amide bonds. The van der Waals surface area contributed by atoms with E-state index < -0.39 is 86.6 Å². The first-order valence-corrected chi connectivity index (χ1v) is 11.8. The number of aliphatic hydroxyl groups excluding tert-OH is 6. The SMILES string of the molecule is COc1cc(/C=C\C(=O)OC[C@H]2O[C@@](CO)(O[C@H]3O[C@H](COC(C)=O)[C@@H](O)[C@H](O)[C@H]3O)[C@@H](O)[C@@H]2O)ccc1O. The highest BCUT2D eigenvalue weighted by Crippen LogP contribution is 2.36. The number of benzene rings is 1. The van der Waals surface area contributed by atoms with Crippen molar-refractivity contribution in [3.05, 3.63) is 29.8 Å². The molecule has 2 aliphatic heterocycles. The van der Waals surface area contributed by atoms with Crippen LogP contribution in [0.3, 0.4) is 0 Å². The molecule has 15 heteroatoms. The van der Waals surface area contributed by atoms with Crippen LogP contribution in [0.1, 0.15) is 12.5 Å². The summed E-state index contributed by atoms with van der Waals surface area (Å²) in [5.74, 6) is -3.85. The minimum Gasteiger partial charge on any atom is -0.504 e. The number of carbonyl (C=O) groups is 2. The molecule has 0 saturated carbocycles. The minimum absolute atomic E-state index is 0.0884. The van der Waals surface area contributed by atoms with Gasteiger partial charge in [-0.2, -0.15) is 0 Å². The normalized spacial score (nSPS) is 34.7. The molecule has 1 aromatic rings. The number of hydrogen-bond donors (Lipinski definition) is 7. The van der Waals surface area contributed by atoms with Crippen molar-refractivity contribution in [2.45, 2.75) is 61.7 Å². The fourth-order valence-electron chi connectivity index (χ4n) is 3.98. The predicted octanol–water partition coefficient (Wildman–Crippen LogP) is -2.85. The van der Waals surface area contributed by atoms with Gasteiger partial charge in [0.05, 0.1) is 7.11 Å². The summed E-state index contributed by atoms with van der Waals surface area (Å²) < 4.78 is 31.1. The molecule has 9 atom stereocenters. The maximum atomic E-state index is 12.2. The largest absolute Gasteiger partial charge is 0.504 e. The Balaban J connectivity index is 1.64. The van der Waals surface area contributed by atoms with Crippen molar-refractivity contribution in [1.82, 2.24) is 0 Å². The lowest BCUT2D eigenvalue weighted by molar-refractivity contribution is -0.383. The monoisotopic (exact) mass is 560 g/mol. The number of phenols is 1. The maximum absolute atomic E-state index is 12.2. The Morgan fingerprint density at radius 2 is 1.69 bits per heavy atom. The molecular weight excluding hydrogens is 528 g/mol. The van der Waals surface area contributed by atoms with Crippen molar-refractivity contribution in [2.75, 3.05) is 26.9 Å². The number of methoxy groups -OCH3 is 1. The van der Waals surface area contributed by atoms with E-state index in [1.165, 1.54) is 31.4 Å². The number of aromatic hydroxyl groups is 1. The Bertz CT molecular complexity index is 1030. The molecule has 15 nitrogen and oxygen atoms in total. The average molecular weight is 561 g/mol. The van der Waals surface area contributed by atoms with Gasteiger partial charge in [-0.25, -0.2) is 4.79 Å². The smallest absolute Gasteiger partial charge is 0.330 e. The summed E-state index contributed by atoms with van der Waals surface area (Å²) in [5.41, 5.74) is 0.507. The van der Waals surface area contributed by atoms with Gasteiger partial charge in [0.1, 0.15) is 62.5 Å². The first kappa shape index (κ1) is 30.7. The molecule has 2 fully saturated rings. The van der Waals surface area contributed by atoms with Crippen LogP contribution in [-0.2, 0) is 33.3 Å². The summed E-state index contributed by atoms with van der Waals surface area (Å²) in [6.45, 7) is -1.07. The fourth-order valence-corrected chi connectivity index (χ4v) is 3.98. The van der Waals surface area contributed by atoms with E-state index in [9.17, 15) is 45.3 Å². The van der Waals surface area contributed by atoms with E-state index >= 15 is 0 Å². The van der Waals surface area contributed by atoms with Gasteiger partial charge in [-0.1, -0.05) is 6.07 Å². The maximum Gasteiger partial charge on any atom is 0.330 e. The van der Waals surface area contributed by atoms with Crippen LogP contribution in [0.5, 0.6) is 11.5 Å². The summed E-state index contributed by atoms with van der Waals surface area (Å²) in [6, 6.07) is 4.36. The second-order valence-corrected chi connectivity index (χ2v) is 8.89. The number of esters is 2. The van der Waals surface area contributed by atoms with Crippen molar-refractivity contribution in [2.24, 2.45) is 0 Å². The number of hydrogen-bond acceptors (Lipinski definition) is 15. The predicted molar refractivity (Wildman–Crippen MR) is 126 cm³/mol. The van der Waals surface area contributed by atoms with Crippen LogP contribution in [0.4, 0.5) is 0 Å². The summed E-state index contributed by atoms with van der Waals surface area (Å²) in [5, 5.41) is 71.2. The van der Waals surface area contributed by atoms with Crippen LogP contribution < -0.4 is 4.74 Å². The van der Waals surface area contributed by atoms with Gasteiger partial charge in [-0.3, -0.25) is 4.79 Å². The van der Waals surface area contributed by atoms with Crippen LogP contribution in [0.25, 0.3) is 6.08 Å². The molecule has 0 bridgehead atoms. The number of aliphatic hydroxyl groups is 6. The van der Waals surface area contributed by atoms with Crippen LogP contribution >= 0.6 is 0 Å². The van der Waals surface area contributed by atoms with Crippen molar-refractivity contribution in [3.8, 4) is 11.5 Å². The van der Waals surface area contributed by atoms with Gasteiger partial charge in [0.25, 0.3) is 0 Å². The molecule has 218 valence electrons. The van der Waals surface area contributed by atoms with Gasteiger partial charge in [0, 0.05) is 13.0 Å². The van der Waals surface area contributed by atoms with Gasteiger partial charge in [0.15, 0.2) is 17.8 Å². The average Bonchev–Trinajstić information content (AvgIpc) is 3.15. The first-order chi connectivity index (χ1) is 18.4. The second-order valence-electron chi connectivity index (χ2n) is 8.89. The Hall–Kier alpha value is -2.86. The molecule has 0 aliphatic carbocycles. The summed E-state index contributed by atoms with van der Waals surface area (Å²) in [7, 11) is 1.36. The zero-order valence-electron chi connectivity index (χ0n) is 21.0. The van der Waals surface area contributed by atoms with E-state index in [1.807, 2.05) is 0 Å². The minimum atomic E-state index is -2.39. The third-order valence-electron chi connectivity index (χ3n) is 6.17. The Labute approximate surface area is 222 Å². The van der Waals surface area contributed by atoms with E-state index in [-0.39, 0.29) is 11.5 Å². The molecule has 0 unspecified atom stereocenters. The Kier molecular flexibility index (Phi) is 10.2. The molecule has 2 saturated heterocycles. The summed E-state index contributed by atoms with van der Waals surface area (Å²) in [6.07, 6.45) is -11.2. The molecule has 1 aromatic carbocycles. The lowest BCUT2D eigenvalue weighted by Gasteiger charge is -2.43. The molecule has 7 N–H and O–H groups in total. The standard InChI is InChI=1S/C24H32O15/c1-11(26)35-8-15-18(29)20(31)21(32)23(37-15)39-24(10-25)22(33)19(30)16(38-24)9-36-17(28)6-4-12-3-5-13(27)14(7-12)34-2/h3-7,15-16,18-23,25,27,29-33H,8-10H2,1-2H3/b6-4-/t15-,16-,18-,19-,20+,21-,22+,23-,24+/m1/s1. The third-order valence-corrected chi connectivity index (χ3v) is 6.17. The van der Waals surface area contributed by atoms with Crippen LogP contribution in [0, 0.1) is 0 Å². The number of ether oxygens (including phenoxy) is 6. The molecule has 0 aromatic heterocycles. The van der Waals surface area contributed by atoms with E-state index in [0.29, 0.717) is 5.56 Å². The van der Waals surface area contributed by atoms with Gasteiger partial charge < -0.3 is 64.2 Å². The zero-order chi connectivity index (χ0) is 28.9. The fraction of sp³-hybridized carbons (Fsp3) is 0.583.